The van der Waals surface area contributed by atoms with Crippen LogP contribution >= 0.6 is 0 Å². The second-order valence-electron chi connectivity index (χ2n) is 6.72. The Kier molecular flexibility index (Phi) is 7.61. The van der Waals surface area contributed by atoms with Crippen LogP contribution in [0.1, 0.15) is 41.9 Å². The number of aliphatic hydroxyl groups excluding tert-OH is 1. The van der Waals surface area contributed by atoms with Gasteiger partial charge in [0.1, 0.15) is 0 Å². The van der Waals surface area contributed by atoms with E-state index in [2.05, 4.69) is 10.4 Å². The van der Waals surface area contributed by atoms with Gasteiger partial charge in [0.2, 0.25) is 0 Å². The monoisotopic (exact) mass is 370 g/mol. The van der Waals surface area contributed by atoms with Crippen molar-refractivity contribution in [1.82, 2.24) is 20.0 Å². The van der Waals surface area contributed by atoms with E-state index in [9.17, 15) is 4.79 Å². The fraction of sp³-hybridized carbons (Fsp3) is 0.429. The van der Waals surface area contributed by atoms with Gasteiger partial charge in [-0.3, -0.25) is 4.68 Å². The molecule has 1 aromatic carbocycles. The number of rotatable bonds is 8. The maximum absolute atomic E-state index is 12.8. The number of aryl methyl sites for hydroxylation is 2. The molecule has 2 N–H and O–H groups in total. The van der Waals surface area contributed by atoms with E-state index >= 15 is 0 Å². The molecule has 0 aliphatic heterocycles. The number of urea groups is 1. The summed E-state index contributed by atoms with van der Waals surface area (Å²) in [5.41, 5.74) is 4.11. The van der Waals surface area contributed by atoms with Crippen molar-refractivity contribution in [2.24, 2.45) is 7.05 Å². The molecule has 27 heavy (non-hydrogen) atoms. The normalized spacial score (nSPS) is 12.3. The Morgan fingerprint density at radius 2 is 2.04 bits per heavy atom. The van der Waals surface area contributed by atoms with Crippen molar-refractivity contribution in [2.75, 3.05) is 19.7 Å². The highest BCUT2D eigenvalue weighted by molar-refractivity contribution is 5.75. The van der Waals surface area contributed by atoms with Gasteiger partial charge in [-0.2, -0.15) is 5.10 Å². The number of nitrogens with one attached hydrogen (secondary N) is 1. The molecule has 0 bridgehead atoms. The van der Waals surface area contributed by atoms with Crippen molar-refractivity contribution < 1.29 is 9.90 Å². The van der Waals surface area contributed by atoms with Crippen molar-refractivity contribution >= 4 is 12.1 Å². The molecule has 6 nitrogen and oxygen atoms in total. The average molecular weight is 370 g/mol. The summed E-state index contributed by atoms with van der Waals surface area (Å²) in [7, 11) is 1.91. The van der Waals surface area contributed by atoms with E-state index in [1.807, 2.05) is 75.0 Å². The van der Waals surface area contributed by atoms with Gasteiger partial charge in [0.15, 0.2) is 0 Å². The summed E-state index contributed by atoms with van der Waals surface area (Å²) in [6.07, 6.45) is 4.52. The standard InChI is InChI=1S/C21H30N4O2/c1-16(20-17(2)23-24(4)18(20)3)22-21(27)25(14-9-15-26)13-8-12-19-10-6-5-7-11-19/h5-8,10-12,16,26H,9,13-15H2,1-4H3,(H,22,27)/b12-8+. The minimum atomic E-state index is -0.142. The van der Waals surface area contributed by atoms with E-state index in [0.717, 1.165) is 22.5 Å². The molecular formula is C21H30N4O2. The molecule has 0 radical (unpaired) electrons. The number of amides is 2. The third-order valence-corrected chi connectivity index (χ3v) is 4.65. The van der Waals surface area contributed by atoms with Gasteiger partial charge in [-0.25, -0.2) is 4.79 Å². The van der Waals surface area contributed by atoms with Gasteiger partial charge in [0.25, 0.3) is 0 Å². The summed E-state index contributed by atoms with van der Waals surface area (Å²) in [6.45, 7) is 6.97. The third-order valence-electron chi connectivity index (χ3n) is 4.65. The summed E-state index contributed by atoms with van der Waals surface area (Å²) in [6, 6.07) is 9.70. The Balaban J connectivity index is 2.03. The third kappa shape index (κ3) is 5.69. The molecule has 1 atom stereocenters. The molecule has 146 valence electrons. The van der Waals surface area contributed by atoms with Crippen molar-refractivity contribution in [1.29, 1.82) is 0 Å². The van der Waals surface area contributed by atoms with Crippen LogP contribution in [0.15, 0.2) is 36.4 Å². The van der Waals surface area contributed by atoms with E-state index in [0.29, 0.717) is 19.5 Å². The van der Waals surface area contributed by atoms with E-state index in [1.54, 1.807) is 4.90 Å². The summed E-state index contributed by atoms with van der Waals surface area (Å²) < 4.78 is 1.83. The van der Waals surface area contributed by atoms with E-state index < -0.39 is 0 Å². The molecule has 1 heterocycles. The molecule has 2 rings (SSSR count). The fourth-order valence-corrected chi connectivity index (χ4v) is 3.18. The number of carbonyl (C=O) groups is 1. The predicted molar refractivity (Wildman–Crippen MR) is 108 cm³/mol. The zero-order chi connectivity index (χ0) is 19.8. The number of nitrogens with zero attached hydrogens (tertiary/aromatic N) is 3. The Morgan fingerprint density at radius 1 is 1.33 bits per heavy atom. The van der Waals surface area contributed by atoms with Gasteiger partial charge in [0.05, 0.1) is 11.7 Å². The minimum absolute atomic E-state index is 0.0581. The van der Waals surface area contributed by atoms with Crippen LogP contribution in [0.25, 0.3) is 6.08 Å². The van der Waals surface area contributed by atoms with Crippen LogP contribution in [0.5, 0.6) is 0 Å². The Labute approximate surface area is 161 Å². The highest BCUT2D eigenvalue weighted by Gasteiger charge is 2.20. The zero-order valence-corrected chi connectivity index (χ0v) is 16.6. The summed E-state index contributed by atoms with van der Waals surface area (Å²) >= 11 is 0. The molecule has 0 fully saturated rings. The quantitative estimate of drug-likeness (QED) is 0.750. The molecule has 0 spiro atoms. The van der Waals surface area contributed by atoms with Crippen LogP contribution in [-0.4, -0.2) is 45.5 Å². The van der Waals surface area contributed by atoms with Crippen molar-refractivity contribution in [2.45, 2.75) is 33.2 Å². The number of hydrogen-bond donors (Lipinski definition) is 2. The molecule has 0 aliphatic rings. The molecular weight excluding hydrogens is 340 g/mol. The van der Waals surface area contributed by atoms with Gasteiger partial charge in [-0.05, 0) is 32.8 Å². The Hall–Kier alpha value is -2.60. The molecule has 1 aromatic heterocycles. The number of hydrogen-bond acceptors (Lipinski definition) is 3. The maximum atomic E-state index is 12.8. The SMILES string of the molecule is Cc1nn(C)c(C)c1C(C)NC(=O)N(C/C=C/c1ccccc1)CCCO. The Morgan fingerprint density at radius 3 is 2.63 bits per heavy atom. The van der Waals surface area contributed by atoms with Crippen LogP contribution in [0.3, 0.4) is 0 Å². The largest absolute Gasteiger partial charge is 0.396 e. The first kappa shape index (κ1) is 20.7. The van der Waals surface area contributed by atoms with E-state index in [4.69, 9.17) is 5.11 Å². The molecule has 0 aliphatic carbocycles. The molecule has 6 heteroatoms. The lowest BCUT2D eigenvalue weighted by Gasteiger charge is -2.24. The lowest BCUT2D eigenvalue weighted by atomic mass is 10.1. The topological polar surface area (TPSA) is 70.4 Å². The predicted octanol–water partition coefficient (Wildman–Crippen LogP) is 3.21. The van der Waals surface area contributed by atoms with Gasteiger partial charge < -0.3 is 15.3 Å². The van der Waals surface area contributed by atoms with Gasteiger partial charge >= 0.3 is 6.03 Å². The lowest BCUT2D eigenvalue weighted by molar-refractivity contribution is 0.192. The van der Waals surface area contributed by atoms with Gasteiger partial charge in [0, 0.05) is 38.0 Å². The first-order valence-electron chi connectivity index (χ1n) is 9.32. The summed E-state index contributed by atoms with van der Waals surface area (Å²) in [5, 5.41) is 16.6. The number of aromatic nitrogens is 2. The van der Waals surface area contributed by atoms with Crippen LogP contribution in [0.2, 0.25) is 0 Å². The van der Waals surface area contributed by atoms with E-state index in [1.165, 1.54) is 0 Å². The van der Waals surface area contributed by atoms with Crippen LogP contribution < -0.4 is 5.32 Å². The summed E-state index contributed by atoms with van der Waals surface area (Å²) in [4.78, 5) is 14.5. The molecule has 0 saturated carbocycles. The highest BCUT2D eigenvalue weighted by atomic mass is 16.3. The van der Waals surface area contributed by atoms with Crippen LogP contribution in [0, 0.1) is 13.8 Å². The first-order valence-corrected chi connectivity index (χ1v) is 9.32. The van der Waals surface area contributed by atoms with Gasteiger partial charge in [-0.1, -0.05) is 42.5 Å². The van der Waals surface area contributed by atoms with E-state index in [-0.39, 0.29) is 18.7 Å². The second-order valence-corrected chi connectivity index (χ2v) is 6.72. The van der Waals surface area contributed by atoms with Crippen molar-refractivity contribution in [3.63, 3.8) is 0 Å². The van der Waals surface area contributed by atoms with Crippen LogP contribution in [0.4, 0.5) is 4.79 Å². The number of aliphatic hydroxyl groups is 1. The van der Waals surface area contributed by atoms with Gasteiger partial charge in [-0.15, -0.1) is 0 Å². The second kappa shape index (κ2) is 9.92. The van der Waals surface area contributed by atoms with Crippen molar-refractivity contribution in [3.05, 3.63) is 58.9 Å². The lowest BCUT2D eigenvalue weighted by Crippen LogP contribution is -2.42. The smallest absolute Gasteiger partial charge is 0.318 e. The van der Waals surface area contributed by atoms with Crippen LogP contribution in [-0.2, 0) is 7.05 Å². The molecule has 1 unspecified atom stereocenters. The fourth-order valence-electron chi connectivity index (χ4n) is 3.18. The molecule has 0 saturated heterocycles. The Bertz CT molecular complexity index is 768. The number of benzene rings is 1. The zero-order valence-electron chi connectivity index (χ0n) is 16.6. The molecule has 2 amide bonds. The molecule has 2 aromatic rings. The van der Waals surface area contributed by atoms with Crippen molar-refractivity contribution in [3.8, 4) is 0 Å². The number of carbonyl (C=O) groups excluding carboxylic acids is 1. The summed E-state index contributed by atoms with van der Waals surface area (Å²) in [5.74, 6) is 0. The average Bonchev–Trinajstić information content (AvgIpc) is 2.90. The highest BCUT2D eigenvalue weighted by Crippen LogP contribution is 2.20. The minimum Gasteiger partial charge on any atom is -0.396 e. The maximum Gasteiger partial charge on any atom is 0.318 e. The first-order chi connectivity index (χ1) is 12.9.